The molecule has 1 aromatic heterocycles. The first-order chi connectivity index (χ1) is 9.61. The van der Waals surface area contributed by atoms with E-state index in [1.165, 1.54) is 0 Å². The number of terminal acetylenes is 1. The first-order valence-corrected chi connectivity index (χ1v) is 5.15. The summed E-state index contributed by atoms with van der Waals surface area (Å²) in [7, 11) is 0. The van der Waals surface area contributed by atoms with Gasteiger partial charge in [-0.1, -0.05) is 5.92 Å². The maximum absolute atomic E-state index is 11.8. The molecule has 19 heavy (non-hydrogen) atoms. The molecule has 0 amide bonds. The lowest BCUT2D eigenvalue weighted by Crippen LogP contribution is -2.55. The summed E-state index contributed by atoms with van der Waals surface area (Å²) in [4.78, 5) is 15.2. The largest absolute Gasteiger partial charge is 0.394 e. The van der Waals surface area contributed by atoms with Gasteiger partial charge in [-0.2, -0.15) is 14.8 Å². The van der Waals surface area contributed by atoms with E-state index in [9.17, 15) is 15.0 Å². The molecular formula is C10H13N5O4. The van der Waals surface area contributed by atoms with E-state index in [2.05, 4.69) is 10.1 Å². The van der Waals surface area contributed by atoms with Crippen molar-refractivity contribution >= 4 is 5.82 Å². The molecule has 1 aliphatic heterocycles. The van der Waals surface area contributed by atoms with Crippen molar-refractivity contribution in [3.05, 3.63) is 16.7 Å². The van der Waals surface area contributed by atoms with Gasteiger partial charge in [0.25, 0.3) is 0 Å². The number of hydrogen-bond acceptors (Lipinski definition) is 8. The molecule has 1 fully saturated rings. The minimum absolute atomic E-state index is 0.146. The number of hydrogen-bond donors (Lipinski definition) is 4. The van der Waals surface area contributed by atoms with E-state index in [4.69, 9.17) is 25.4 Å². The van der Waals surface area contributed by atoms with Gasteiger partial charge in [0.15, 0.2) is 11.8 Å². The number of aliphatic hydroxyl groups is 2. The van der Waals surface area contributed by atoms with Crippen LogP contribution in [0, 0.1) is 12.3 Å². The third kappa shape index (κ3) is 1.96. The van der Waals surface area contributed by atoms with Gasteiger partial charge >= 0.3 is 5.69 Å². The van der Waals surface area contributed by atoms with Gasteiger partial charge in [0.05, 0.1) is 15.5 Å². The van der Waals surface area contributed by atoms with E-state index in [-0.39, 0.29) is 5.82 Å². The second kappa shape index (κ2) is 4.60. The Morgan fingerprint density at radius 2 is 2.47 bits per heavy atom. The Morgan fingerprint density at radius 1 is 1.79 bits per heavy atom. The Hall–Kier alpha value is -1.99. The standard InChI is InChI=1S/C10H13N5O4/c1-2-10(12)7(17)5(4-16)19-8(10)15-9(18)14-6(11)3-13-15/h1,3,5,7-8,16-17H,4,12H2,(H2,11,14,18)/t5-,7+,8-,10?/m1/s1/i4D2. The van der Waals surface area contributed by atoms with Crippen LogP contribution in [-0.2, 0) is 4.74 Å². The van der Waals surface area contributed by atoms with Crippen molar-refractivity contribution < 1.29 is 17.7 Å². The molecule has 0 saturated carbocycles. The highest BCUT2D eigenvalue weighted by Crippen LogP contribution is 2.34. The number of aliphatic hydroxyl groups excluding tert-OH is 1. The van der Waals surface area contributed by atoms with Gasteiger partial charge in [0.1, 0.15) is 18.0 Å². The molecule has 102 valence electrons. The van der Waals surface area contributed by atoms with Gasteiger partial charge in [0, 0.05) is 0 Å². The van der Waals surface area contributed by atoms with E-state index in [1.54, 1.807) is 0 Å². The van der Waals surface area contributed by atoms with Gasteiger partial charge < -0.3 is 26.4 Å². The molecule has 0 bridgehead atoms. The lowest BCUT2D eigenvalue weighted by Gasteiger charge is -2.26. The molecule has 1 aromatic rings. The summed E-state index contributed by atoms with van der Waals surface area (Å²) >= 11 is 0. The van der Waals surface area contributed by atoms with Crippen molar-refractivity contribution in [2.45, 2.75) is 24.0 Å². The van der Waals surface area contributed by atoms with Gasteiger partial charge in [-0.3, -0.25) is 0 Å². The summed E-state index contributed by atoms with van der Waals surface area (Å²) in [6, 6.07) is 0. The fourth-order valence-corrected chi connectivity index (χ4v) is 1.76. The van der Waals surface area contributed by atoms with Gasteiger partial charge in [-0.25, -0.2) is 4.79 Å². The Labute approximate surface area is 110 Å². The molecular weight excluding hydrogens is 254 g/mol. The molecule has 1 unspecified atom stereocenters. The third-order valence-corrected chi connectivity index (χ3v) is 2.79. The molecule has 9 heteroatoms. The molecule has 0 aromatic carbocycles. The number of nitrogen functional groups attached to an aromatic ring is 1. The normalized spacial score (nSPS) is 36.4. The highest BCUT2D eigenvalue weighted by Gasteiger charge is 2.54. The van der Waals surface area contributed by atoms with Crippen LogP contribution in [0.25, 0.3) is 0 Å². The zero-order valence-electron chi connectivity index (χ0n) is 11.6. The van der Waals surface area contributed by atoms with Crippen molar-refractivity contribution in [2.24, 2.45) is 5.73 Å². The fourth-order valence-electron chi connectivity index (χ4n) is 1.76. The average molecular weight is 269 g/mol. The Balaban J connectivity index is 2.53. The number of rotatable bonds is 2. The van der Waals surface area contributed by atoms with Crippen LogP contribution >= 0.6 is 0 Å². The number of ether oxygens (including phenoxy) is 1. The Bertz CT molecular complexity index is 654. The molecule has 2 heterocycles. The quantitative estimate of drug-likeness (QED) is 0.410. The number of aromatic nitrogens is 3. The van der Waals surface area contributed by atoms with Crippen LogP contribution in [-0.4, -0.2) is 49.3 Å². The highest BCUT2D eigenvalue weighted by molar-refractivity contribution is 5.23. The summed E-state index contributed by atoms with van der Waals surface area (Å²) in [6.07, 6.45) is 1.23. The van der Waals surface area contributed by atoms with Crippen LogP contribution in [0.5, 0.6) is 0 Å². The lowest BCUT2D eigenvalue weighted by molar-refractivity contribution is -0.0528. The van der Waals surface area contributed by atoms with Crippen LogP contribution in [0.1, 0.15) is 8.97 Å². The fraction of sp³-hybridized carbons (Fsp3) is 0.500. The van der Waals surface area contributed by atoms with E-state index >= 15 is 0 Å². The van der Waals surface area contributed by atoms with Gasteiger partial charge in [0.2, 0.25) is 0 Å². The SMILES string of the molecule is [2H]C([2H])(O)[C@H]1O[C@@H](n2ncc(N)nc2=O)C(N)(C#C)[C@H]1O. The van der Waals surface area contributed by atoms with Crippen LogP contribution in [0.2, 0.25) is 0 Å². The van der Waals surface area contributed by atoms with Crippen LogP contribution in [0.15, 0.2) is 11.0 Å². The van der Waals surface area contributed by atoms with Crippen molar-refractivity contribution in [2.75, 3.05) is 12.3 Å². The van der Waals surface area contributed by atoms with Crippen LogP contribution in [0.4, 0.5) is 5.82 Å². The van der Waals surface area contributed by atoms with Crippen molar-refractivity contribution in [1.29, 1.82) is 0 Å². The van der Waals surface area contributed by atoms with Crippen molar-refractivity contribution in [3.8, 4) is 12.3 Å². The second-order valence-electron chi connectivity index (χ2n) is 3.97. The summed E-state index contributed by atoms with van der Waals surface area (Å²) in [6.45, 7) is -2.93. The first-order valence-electron chi connectivity index (χ1n) is 6.15. The molecule has 1 aliphatic rings. The maximum Gasteiger partial charge on any atom is 0.368 e. The summed E-state index contributed by atoms with van der Waals surface area (Å²) < 4.78 is 20.2. The van der Waals surface area contributed by atoms with Crippen molar-refractivity contribution in [1.82, 2.24) is 14.8 Å². The summed E-state index contributed by atoms with van der Waals surface area (Å²) in [5.41, 5.74) is 8.19. The van der Waals surface area contributed by atoms with E-state index in [0.717, 1.165) is 6.20 Å². The summed E-state index contributed by atoms with van der Waals surface area (Å²) in [5, 5.41) is 23.1. The predicted octanol–water partition coefficient (Wildman–Crippen LogP) is -3.20. The summed E-state index contributed by atoms with van der Waals surface area (Å²) in [5.74, 6) is 1.90. The monoisotopic (exact) mass is 269 g/mol. The minimum atomic E-state index is -2.93. The van der Waals surface area contributed by atoms with E-state index in [1.807, 2.05) is 5.92 Å². The molecule has 6 N–H and O–H groups in total. The Kier molecular flexibility index (Phi) is 2.63. The second-order valence-corrected chi connectivity index (χ2v) is 3.97. The zero-order chi connectivity index (χ0) is 16.0. The molecule has 0 spiro atoms. The van der Waals surface area contributed by atoms with Crippen molar-refractivity contribution in [3.63, 3.8) is 0 Å². The molecule has 2 rings (SSSR count). The smallest absolute Gasteiger partial charge is 0.368 e. The first kappa shape index (κ1) is 10.9. The van der Waals surface area contributed by atoms with Gasteiger partial charge in [-0.05, 0) is 0 Å². The topological polar surface area (TPSA) is 150 Å². The average Bonchev–Trinajstić information content (AvgIpc) is 2.63. The molecule has 0 aliphatic carbocycles. The molecule has 1 saturated heterocycles. The van der Waals surface area contributed by atoms with Crippen LogP contribution in [0.3, 0.4) is 0 Å². The maximum atomic E-state index is 11.8. The lowest BCUT2D eigenvalue weighted by atomic mass is 9.92. The number of nitrogens with zero attached hydrogens (tertiary/aromatic N) is 3. The van der Waals surface area contributed by atoms with Crippen LogP contribution < -0.4 is 17.2 Å². The highest BCUT2D eigenvalue weighted by atomic mass is 16.5. The number of nitrogens with two attached hydrogens (primary N) is 2. The Morgan fingerprint density at radius 3 is 3.00 bits per heavy atom. The molecule has 9 nitrogen and oxygen atoms in total. The van der Waals surface area contributed by atoms with E-state index < -0.39 is 36.2 Å². The third-order valence-electron chi connectivity index (χ3n) is 2.79. The predicted molar refractivity (Wildman–Crippen MR) is 63.5 cm³/mol. The van der Waals surface area contributed by atoms with E-state index in [0.29, 0.717) is 4.68 Å². The molecule has 4 atom stereocenters. The van der Waals surface area contributed by atoms with Gasteiger partial charge in [-0.15, -0.1) is 6.42 Å². The zero-order valence-corrected chi connectivity index (χ0v) is 9.59. The number of anilines is 1. The minimum Gasteiger partial charge on any atom is -0.394 e. The molecule has 0 radical (unpaired) electrons.